The molecular weight excluding hydrogens is 200 g/mol. The molecule has 4 heteroatoms. The molecule has 4 nitrogen and oxygen atoms in total. The monoisotopic (exact) mass is 226 g/mol. The zero-order valence-electron chi connectivity index (χ0n) is 11.4. The van der Waals surface area contributed by atoms with Crippen LogP contribution >= 0.6 is 0 Å². The first-order valence-electron chi connectivity index (χ1n) is 6.01. The van der Waals surface area contributed by atoms with Crippen LogP contribution in [-0.2, 0) is 0 Å². The number of hydrogen-bond acceptors (Lipinski definition) is 2. The molecule has 0 aliphatic heterocycles. The molecule has 1 fully saturated rings. The second kappa shape index (κ2) is 4.24. The lowest BCUT2D eigenvalue weighted by Gasteiger charge is -2.12. The van der Waals surface area contributed by atoms with Crippen LogP contribution < -0.4 is 16.6 Å². The minimum atomic E-state index is 0.343. The Labute approximate surface area is 99.1 Å². The summed E-state index contributed by atoms with van der Waals surface area (Å²) >= 11 is 0. The topological polar surface area (TPSA) is 62.4 Å². The van der Waals surface area contributed by atoms with E-state index in [1.807, 2.05) is 0 Å². The van der Waals surface area contributed by atoms with Crippen molar-refractivity contribution in [2.75, 3.05) is 6.54 Å². The van der Waals surface area contributed by atoms with Gasteiger partial charge in [-0.2, -0.15) is 0 Å². The molecule has 1 rings (SSSR count). The highest BCUT2D eigenvalue weighted by Crippen LogP contribution is 2.68. The fraction of sp³-hybridized carbons (Fsp3) is 0.917. The number of nitrogens with two attached hydrogens (primary N) is 1. The number of rotatable bonds is 3. The van der Waals surface area contributed by atoms with Crippen LogP contribution in [0.5, 0.6) is 0 Å². The number of guanidine groups is 1. The standard InChI is InChI=1S/C12H26N4/c1-8(2)15-10(16-13)14-7-9-11(3,4)12(9,5)6/h8-9H,7,13H2,1-6H3,(H2,14,15,16). The van der Waals surface area contributed by atoms with Crippen molar-refractivity contribution in [2.45, 2.75) is 47.6 Å². The maximum Gasteiger partial charge on any atom is 0.205 e. The second-order valence-corrected chi connectivity index (χ2v) is 6.13. The molecule has 1 aliphatic carbocycles. The number of hydrazine groups is 1. The maximum absolute atomic E-state index is 5.42. The van der Waals surface area contributed by atoms with Crippen LogP contribution in [0.4, 0.5) is 0 Å². The maximum atomic E-state index is 5.42. The second-order valence-electron chi connectivity index (χ2n) is 6.13. The summed E-state index contributed by atoms with van der Waals surface area (Å²) in [5.74, 6) is 6.74. The molecule has 0 aromatic heterocycles. The van der Waals surface area contributed by atoms with Gasteiger partial charge < -0.3 is 5.32 Å². The first-order valence-corrected chi connectivity index (χ1v) is 6.01. The van der Waals surface area contributed by atoms with E-state index in [0.717, 1.165) is 6.54 Å². The molecule has 0 saturated heterocycles. The quantitative estimate of drug-likeness (QED) is 0.296. The Bertz CT molecular complexity index is 265. The van der Waals surface area contributed by atoms with Crippen molar-refractivity contribution in [1.29, 1.82) is 0 Å². The van der Waals surface area contributed by atoms with Gasteiger partial charge in [0, 0.05) is 12.6 Å². The number of nitrogens with one attached hydrogen (secondary N) is 2. The number of hydrogen-bond donors (Lipinski definition) is 3. The average molecular weight is 226 g/mol. The highest BCUT2D eigenvalue weighted by molar-refractivity contribution is 5.79. The van der Waals surface area contributed by atoms with Gasteiger partial charge in [0.2, 0.25) is 5.96 Å². The summed E-state index contributed by atoms with van der Waals surface area (Å²) in [5, 5.41) is 3.18. The molecular formula is C12H26N4. The van der Waals surface area contributed by atoms with Crippen molar-refractivity contribution in [2.24, 2.45) is 27.6 Å². The summed E-state index contributed by atoms with van der Waals surface area (Å²) in [6, 6.07) is 0.343. The lowest BCUT2D eigenvalue weighted by molar-refractivity contribution is 0.457. The molecule has 0 radical (unpaired) electrons. The van der Waals surface area contributed by atoms with Gasteiger partial charge in [0.15, 0.2) is 0 Å². The Morgan fingerprint density at radius 1 is 1.25 bits per heavy atom. The summed E-state index contributed by atoms with van der Waals surface area (Å²) in [4.78, 5) is 4.51. The summed E-state index contributed by atoms with van der Waals surface area (Å²) < 4.78 is 0. The first kappa shape index (κ1) is 13.3. The molecule has 1 aliphatic rings. The molecule has 4 N–H and O–H groups in total. The Kier molecular flexibility index (Phi) is 3.53. The van der Waals surface area contributed by atoms with Crippen molar-refractivity contribution in [1.82, 2.24) is 10.7 Å². The van der Waals surface area contributed by atoms with E-state index in [4.69, 9.17) is 5.84 Å². The van der Waals surface area contributed by atoms with E-state index < -0.39 is 0 Å². The van der Waals surface area contributed by atoms with Gasteiger partial charge >= 0.3 is 0 Å². The van der Waals surface area contributed by atoms with Gasteiger partial charge in [-0.05, 0) is 30.6 Å². The first-order chi connectivity index (χ1) is 7.23. The minimum absolute atomic E-state index is 0.343. The van der Waals surface area contributed by atoms with E-state index in [1.54, 1.807) is 0 Å². The molecule has 1 saturated carbocycles. The van der Waals surface area contributed by atoms with Crippen molar-refractivity contribution >= 4 is 5.96 Å². The van der Waals surface area contributed by atoms with E-state index in [1.165, 1.54) is 0 Å². The highest BCUT2D eigenvalue weighted by Gasteiger charge is 2.64. The van der Waals surface area contributed by atoms with Crippen LogP contribution in [0.1, 0.15) is 41.5 Å². The van der Waals surface area contributed by atoms with E-state index in [9.17, 15) is 0 Å². The molecule has 94 valence electrons. The summed E-state index contributed by atoms with van der Waals surface area (Å²) in [7, 11) is 0. The van der Waals surface area contributed by atoms with E-state index in [2.05, 4.69) is 57.3 Å². The predicted molar refractivity (Wildman–Crippen MR) is 68.9 cm³/mol. The molecule has 0 unspecified atom stereocenters. The molecule has 0 bridgehead atoms. The normalized spacial score (nSPS) is 23.4. The van der Waals surface area contributed by atoms with E-state index >= 15 is 0 Å². The zero-order valence-corrected chi connectivity index (χ0v) is 11.4. The predicted octanol–water partition coefficient (Wildman–Crippen LogP) is 1.49. The molecule has 0 amide bonds. The fourth-order valence-electron chi connectivity index (χ4n) is 2.38. The minimum Gasteiger partial charge on any atom is -0.353 e. The van der Waals surface area contributed by atoms with Crippen LogP contribution in [0.3, 0.4) is 0 Å². The molecule has 0 spiro atoms. The summed E-state index contributed by atoms with van der Waals surface area (Å²) in [6.45, 7) is 14.2. The molecule has 0 aromatic carbocycles. The van der Waals surface area contributed by atoms with Crippen molar-refractivity contribution < 1.29 is 0 Å². The Morgan fingerprint density at radius 3 is 2.06 bits per heavy atom. The Balaban J connectivity index is 2.54. The lowest BCUT2D eigenvalue weighted by atomic mass is 10.0. The third kappa shape index (κ3) is 2.32. The van der Waals surface area contributed by atoms with Gasteiger partial charge in [-0.1, -0.05) is 27.7 Å². The van der Waals surface area contributed by atoms with Crippen LogP contribution in [0.25, 0.3) is 0 Å². The lowest BCUT2D eigenvalue weighted by Crippen LogP contribution is -2.44. The van der Waals surface area contributed by atoms with Gasteiger partial charge in [0.05, 0.1) is 0 Å². The van der Waals surface area contributed by atoms with Gasteiger partial charge in [-0.15, -0.1) is 0 Å². The molecule has 16 heavy (non-hydrogen) atoms. The van der Waals surface area contributed by atoms with Crippen molar-refractivity contribution in [3.63, 3.8) is 0 Å². The van der Waals surface area contributed by atoms with Crippen molar-refractivity contribution in [3.05, 3.63) is 0 Å². The molecule has 0 aromatic rings. The summed E-state index contributed by atoms with van der Waals surface area (Å²) in [6.07, 6.45) is 0. The zero-order chi connectivity index (χ0) is 12.6. The van der Waals surface area contributed by atoms with Crippen LogP contribution in [0, 0.1) is 16.7 Å². The highest BCUT2D eigenvalue weighted by atomic mass is 15.3. The van der Waals surface area contributed by atoms with Crippen LogP contribution in [0.15, 0.2) is 4.99 Å². The molecule has 0 atom stereocenters. The number of aliphatic imine (C=N–C) groups is 1. The Hall–Kier alpha value is -0.770. The third-order valence-corrected chi connectivity index (χ3v) is 4.31. The van der Waals surface area contributed by atoms with Crippen molar-refractivity contribution in [3.8, 4) is 0 Å². The van der Waals surface area contributed by atoms with Gasteiger partial charge in [-0.3, -0.25) is 10.4 Å². The van der Waals surface area contributed by atoms with Gasteiger partial charge in [0.1, 0.15) is 0 Å². The van der Waals surface area contributed by atoms with Gasteiger partial charge in [0.25, 0.3) is 0 Å². The van der Waals surface area contributed by atoms with Gasteiger partial charge in [-0.25, -0.2) is 5.84 Å². The van der Waals surface area contributed by atoms with Crippen LogP contribution in [0.2, 0.25) is 0 Å². The average Bonchev–Trinajstić information content (AvgIpc) is 2.52. The van der Waals surface area contributed by atoms with E-state index in [-0.39, 0.29) is 0 Å². The summed E-state index contributed by atoms with van der Waals surface area (Å²) in [5.41, 5.74) is 3.38. The van der Waals surface area contributed by atoms with E-state index in [0.29, 0.717) is 28.7 Å². The number of nitrogens with zero attached hydrogens (tertiary/aromatic N) is 1. The fourth-order valence-corrected chi connectivity index (χ4v) is 2.38. The SMILES string of the molecule is CC(C)NC(=NCC1C(C)(C)C1(C)C)NN. The third-order valence-electron chi connectivity index (χ3n) is 4.31. The Morgan fingerprint density at radius 2 is 1.75 bits per heavy atom. The smallest absolute Gasteiger partial charge is 0.205 e. The van der Waals surface area contributed by atoms with Crippen LogP contribution in [-0.4, -0.2) is 18.5 Å². The largest absolute Gasteiger partial charge is 0.353 e. The molecule has 0 heterocycles.